The molecule has 2 fully saturated rings. The molecule has 2 aliphatic carbocycles. The predicted octanol–water partition coefficient (Wildman–Crippen LogP) is 2.83. The summed E-state index contributed by atoms with van der Waals surface area (Å²) in [7, 11) is 1.61. The van der Waals surface area contributed by atoms with Gasteiger partial charge in [-0.05, 0) is 55.6 Å². The maximum atomic E-state index is 11.1. The number of nitrogens with two attached hydrogens (primary N) is 1. The van der Waals surface area contributed by atoms with Gasteiger partial charge in [0.05, 0.1) is 6.61 Å². The summed E-state index contributed by atoms with van der Waals surface area (Å²) in [6.07, 6.45) is 4.64. The van der Waals surface area contributed by atoms with Gasteiger partial charge in [0.1, 0.15) is 12.3 Å². The molecule has 2 aromatic rings. The van der Waals surface area contributed by atoms with Gasteiger partial charge in [-0.2, -0.15) is 9.97 Å². The number of aliphatic hydroxyl groups is 1. The van der Waals surface area contributed by atoms with Gasteiger partial charge >= 0.3 is 6.01 Å². The van der Waals surface area contributed by atoms with Crippen LogP contribution in [0.2, 0.25) is 0 Å². The minimum atomic E-state index is -0.870. The molecular weight excluding hydrogens is 444 g/mol. The molecule has 0 bridgehead atoms. The molecule has 1 aliphatic heterocycles. The zero-order valence-electron chi connectivity index (χ0n) is 20.9. The number of methoxy groups -OCH3 is 1. The van der Waals surface area contributed by atoms with E-state index in [1.54, 1.807) is 7.11 Å². The van der Waals surface area contributed by atoms with Crippen molar-refractivity contribution in [2.45, 2.75) is 52.0 Å². The third-order valence-electron chi connectivity index (χ3n) is 7.03. The lowest BCUT2D eigenvalue weighted by Crippen LogP contribution is -2.42. The number of hydrogen-bond donors (Lipinski definition) is 2. The maximum Gasteiger partial charge on any atom is 0.320 e. The zero-order chi connectivity index (χ0) is 24.4. The third-order valence-corrected chi connectivity index (χ3v) is 7.03. The Kier molecular flexibility index (Phi) is 7.27. The minimum absolute atomic E-state index is 0.193. The van der Waals surface area contributed by atoms with Crippen molar-refractivity contribution in [2.75, 3.05) is 55.5 Å². The van der Waals surface area contributed by atoms with Crippen molar-refractivity contribution in [3.63, 3.8) is 0 Å². The summed E-state index contributed by atoms with van der Waals surface area (Å²) in [5.41, 5.74) is 9.37. The lowest BCUT2D eigenvalue weighted by Gasteiger charge is -2.27. The van der Waals surface area contributed by atoms with Crippen molar-refractivity contribution < 1.29 is 14.6 Å². The van der Waals surface area contributed by atoms with Gasteiger partial charge in [0, 0.05) is 39.8 Å². The van der Waals surface area contributed by atoms with Crippen LogP contribution in [0.15, 0.2) is 24.3 Å². The van der Waals surface area contributed by atoms with E-state index >= 15 is 0 Å². The summed E-state index contributed by atoms with van der Waals surface area (Å²) < 4.78 is 10.7. The topological polar surface area (TPSA) is 100 Å². The van der Waals surface area contributed by atoms with Gasteiger partial charge in [0.15, 0.2) is 11.6 Å². The Morgan fingerprint density at radius 2 is 1.77 bits per heavy atom. The SMILES string of the molecule is CCN1c2c(N)nc(OCCOC)nc2N(Cc2cccc(CN(CC3CC3)CC3CC3)c2)C1O. The first-order valence-electron chi connectivity index (χ1n) is 12.9. The zero-order valence-corrected chi connectivity index (χ0v) is 20.9. The Labute approximate surface area is 207 Å². The number of benzene rings is 1. The fourth-order valence-corrected chi connectivity index (χ4v) is 4.88. The second-order valence-corrected chi connectivity index (χ2v) is 10.1. The van der Waals surface area contributed by atoms with Crippen LogP contribution in [0.5, 0.6) is 6.01 Å². The number of rotatable bonds is 13. The molecule has 2 saturated carbocycles. The first-order valence-corrected chi connectivity index (χ1v) is 12.9. The first-order chi connectivity index (χ1) is 17.1. The van der Waals surface area contributed by atoms with Crippen LogP contribution in [-0.4, -0.2) is 66.3 Å². The van der Waals surface area contributed by atoms with E-state index in [1.807, 2.05) is 16.7 Å². The quantitative estimate of drug-likeness (QED) is 0.417. The van der Waals surface area contributed by atoms with Crippen molar-refractivity contribution >= 4 is 17.3 Å². The Morgan fingerprint density at radius 1 is 1.06 bits per heavy atom. The van der Waals surface area contributed by atoms with Gasteiger partial charge in [-0.3, -0.25) is 4.90 Å². The average molecular weight is 483 g/mol. The number of ether oxygens (including phenoxy) is 2. The number of aliphatic hydroxyl groups excluding tert-OH is 1. The molecular formula is C26H38N6O3. The standard InChI is InChI=1S/C26H38N6O3/c1-3-31-22-23(27)28-25(35-12-11-34-2)29-24(22)32(26(31)33)17-21-6-4-5-20(13-21)16-30(14-18-7-8-18)15-19-9-10-19/h4-6,13,18-19,26,33H,3,7-12,14-17H2,1-2H3,(H2,27,28,29). The molecule has 9 heteroatoms. The van der Waals surface area contributed by atoms with E-state index in [0.717, 1.165) is 23.9 Å². The smallest absolute Gasteiger partial charge is 0.320 e. The van der Waals surface area contributed by atoms with Crippen molar-refractivity contribution in [1.29, 1.82) is 0 Å². The molecule has 3 N–H and O–H groups in total. The number of fused-ring (bicyclic) bond motifs is 1. The molecule has 0 amide bonds. The fraction of sp³-hybridized carbons (Fsp3) is 0.615. The molecule has 1 aromatic heterocycles. The summed E-state index contributed by atoms with van der Waals surface area (Å²) in [5, 5.41) is 11.1. The van der Waals surface area contributed by atoms with Crippen molar-refractivity contribution in [3.05, 3.63) is 35.4 Å². The minimum Gasteiger partial charge on any atom is -0.461 e. The van der Waals surface area contributed by atoms with E-state index < -0.39 is 6.35 Å². The molecule has 9 nitrogen and oxygen atoms in total. The summed E-state index contributed by atoms with van der Waals surface area (Å²) in [4.78, 5) is 15.2. The third kappa shape index (κ3) is 5.79. The lowest BCUT2D eigenvalue weighted by atomic mass is 10.1. The van der Waals surface area contributed by atoms with Crippen LogP contribution < -0.4 is 20.3 Å². The highest BCUT2D eigenvalue weighted by atomic mass is 16.5. The van der Waals surface area contributed by atoms with E-state index in [9.17, 15) is 5.11 Å². The predicted molar refractivity (Wildman–Crippen MR) is 136 cm³/mol. The van der Waals surface area contributed by atoms with Crippen LogP contribution in [0.1, 0.15) is 43.7 Å². The Morgan fingerprint density at radius 3 is 2.43 bits per heavy atom. The number of hydrogen-bond acceptors (Lipinski definition) is 9. The fourth-order valence-electron chi connectivity index (χ4n) is 4.88. The van der Waals surface area contributed by atoms with Crippen LogP contribution >= 0.6 is 0 Å². The molecule has 2 heterocycles. The van der Waals surface area contributed by atoms with E-state index in [0.29, 0.717) is 43.6 Å². The summed E-state index contributed by atoms with van der Waals surface area (Å²) in [6.45, 7) is 7.24. The molecule has 0 spiro atoms. The average Bonchev–Trinajstić information content (AvgIpc) is 3.77. The van der Waals surface area contributed by atoms with Crippen LogP contribution in [0.4, 0.5) is 17.3 Å². The van der Waals surface area contributed by atoms with Gasteiger partial charge in [-0.25, -0.2) is 0 Å². The van der Waals surface area contributed by atoms with Gasteiger partial charge in [0.25, 0.3) is 0 Å². The normalized spacial score (nSPS) is 19.5. The summed E-state index contributed by atoms with van der Waals surface area (Å²) in [6, 6.07) is 8.89. The highest BCUT2D eigenvalue weighted by molar-refractivity contribution is 5.82. The Bertz CT molecular complexity index is 999. The molecule has 3 aliphatic rings. The van der Waals surface area contributed by atoms with Crippen LogP contribution in [0.25, 0.3) is 0 Å². The number of aromatic nitrogens is 2. The molecule has 1 unspecified atom stereocenters. The van der Waals surface area contributed by atoms with Gasteiger partial charge in [-0.1, -0.05) is 24.3 Å². The van der Waals surface area contributed by atoms with Crippen LogP contribution in [0, 0.1) is 11.8 Å². The first kappa shape index (κ1) is 24.1. The summed E-state index contributed by atoms with van der Waals surface area (Å²) in [5.74, 6) is 2.67. The van der Waals surface area contributed by atoms with E-state index in [4.69, 9.17) is 15.2 Å². The molecule has 190 valence electrons. The van der Waals surface area contributed by atoms with Crippen molar-refractivity contribution in [3.8, 4) is 6.01 Å². The van der Waals surface area contributed by atoms with Crippen LogP contribution in [-0.2, 0) is 17.8 Å². The van der Waals surface area contributed by atoms with Crippen LogP contribution in [0.3, 0.4) is 0 Å². The number of nitrogens with zero attached hydrogens (tertiary/aromatic N) is 5. The number of anilines is 3. The van der Waals surface area contributed by atoms with E-state index in [-0.39, 0.29) is 6.01 Å². The lowest BCUT2D eigenvalue weighted by molar-refractivity contribution is 0.141. The molecule has 1 aromatic carbocycles. The van der Waals surface area contributed by atoms with Gasteiger partial charge < -0.3 is 30.1 Å². The largest absolute Gasteiger partial charge is 0.461 e. The summed E-state index contributed by atoms with van der Waals surface area (Å²) >= 11 is 0. The second kappa shape index (κ2) is 10.6. The second-order valence-electron chi connectivity index (χ2n) is 10.1. The van der Waals surface area contributed by atoms with E-state index in [1.165, 1.54) is 44.3 Å². The Balaban J connectivity index is 1.34. The van der Waals surface area contributed by atoms with Crippen molar-refractivity contribution in [1.82, 2.24) is 14.9 Å². The van der Waals surface area contributed by atoms with Gasteiger partial charge in [0.2, 0.25) is 6.35 Å². The molecule has 0 saturated heterocycles. The molecule has 0 radical (unpaired) electrons. The Hall–Kier alpha value is -2.62. The maximum absolute atomic E-state index is 11.1. The molecule has 5 rings (SSSR count). The van der Waals surface area contributed by atoms with Gasteiger partial charge in [-0.15, -0.1) is 0 Å². The molecule has 35 heavy (non-hydrogen) atoms. The molecule has 1 atom stereocenters. The monoisotopic (exact) mass is 482 g/mol. The highest BCUT2D eigenvalue weighted by Gasteiger charge is 2.38. The number of nitrogen functional groups attached to an aromatic ring is 1. The van der Waals surface area contributed by atoms with E-state index in [2.05, 4.69) is 39.1 Å². The van der Waals surface area contributed by atoms with Crippen molar-refractivity contribution in [2.24, 2.45) is 11.8 Å². The highest BCUT2D eigenvalue weighted by Crippen LogP contribution is 2.42.